The molecule has 0 fully saturated rings. The minimum absolute atomic E-state index is 0.0555. The largest absolute Gasteiger partial charge is 0.511 e. The molecule has 3 unspecified atom stereocenters. The molecule has 0 aliphatic heterocycles. The number of hydrogen-bond acceptors (Lipinski definition) is 8. The molecule has 0 bridgehead atoms. The minimum atomic E-state index is -1.08. The van der Waals surface area contributed by atoms with Crippen molar-refractivity contribution in [3.8, 4) is 22.6 Å². The fraction of sp³-hybridized carbons (Fsp3) is 0.286. The molecule has 9 nitrogen and oxygen atoms in total. The Kier molecular flexibility index (Phi) is 5.86. The second-order valence-electron chi connectivity index (χ2n) is 9.60. The van der Waals surface area contributed by atoms with Crippen molar-refractivity contribution in [2.24, 2.45) is 17.8 Å². The van der Waals surface area contributed by atoms with E-state index in [0.29, 0.717) is 29.7 Å². The van der Waals surface area contributed by atoms with E-state index in [1.807, 2.05) is 0 Å². The highest BCUT2D eigenvalue weighted by Gasteiger charge is 2.50. The van der Waals surface area contributed by atoms with Crippen LogP contribution < -0.4 is 10.1 Å². The van der Waals surface area contributed by atoms with Gasteiger partial charge in [0.1, 0.15) is 23.0 Å². The maximum atomic E-state index is 13.7. The van der Waals surface area contributed by atoms with Crippen LogP contribution in [0.15, 0.2) is 59.1 Å². The first kappa shape index (κ1) is 24.3. The summed E-state index contributed by atoms with van der Waals surface area (Å²) in [5.74, 6) is -4.36. The first-order valence-electron chi connectivity index (χ1n) is 11.9. The maximum absolute atomic E-state index is 13.7. The number of ketones is 3. The summed E-state index contributed by atoms with van der Waals surface area (Å²) < 4.78 is 5.12. The normalized spacial score (nSPS) is 22.7. The molecule has 1 amide bonds. The van der Waals surface area contributed by atoms with E-state index in [4.69, 9.17) is 4.74 Å². The molecule has 3 aliphatic rings. The van der Waals surface area contributed by atoms with Crippen LogP contribution in [0, 0.1) is 17.8 Å². The molecule has 0 radical (unpaired) electrons. The van der Waals surface area contributed by atoms with Gasteiger partial charge in [0.2, 0.25) is 0 Å². The lowest BCUT2D eigenvalue weighted by Gasteiger charge is -2.41. The first-order chi connectivity index (χ1) is 17.6. The predicted octanol–water partition coefficient (Wildman–Crippen LogP) is 3.95. The van der Waals surface area contributed by atoms with Gasteiger partial charge in [-0.3, -0.25) is 14.4 Å². The lowest BCUT2D eigenvalue weighted by atomic mass is 9.62. The molecule has 3 aliphatic carbocycles. The molecule has 5 rings (SSSR count). The van der Waals surface area contributed by atoms with Gasteiger partial charge in [0.15, 0.2) is 17.3 Å². The number of hydrogen-bond donors (Lipinski definition) is 4. The van der Waals surface area contributed by atoms with E-state index < -0.39 is 41.2 Å². The lowest BCUT2D eigenvalue weighted by Crippen LogP contribution is -2.42. The number of allylic oxidation sites excluding steroid dienone is 4. The number of amides is 1. The third-order valence-electron chi connectivity index (χ3n) is 7.46. The van der Waals surface area contributed by atoms with Crippen molar-refractivity contribution in [1.29, 1.82) is 0 Å². The number of rotatable bonds is 3. The van der Waals surface area contributed by atoms with Gasteiger partial charge in [0.25, 0.3) is 0 Å². The summed E-state index contributed by atoms with van der Waals surface area (Å²) in [6, 6.07) is 9.82. The quantitative estimate of drug-likeness (QED) is 0.460. The van der Waals surface area contributed by atoms with Crippen LogP contribution >= 0.6 is 0 Å². The van der Waals surface area contributed by atoms with Crippen molar-refractivity contribution in [1.82, 2.24) is 5.32 Å². The van der Waals surface area contributed by atoms with Gasteiger partial charge in [-0.15, -0.1) is 0 Å². The standard InChI is InChI=1S/C28H25NO8/c1-12(30)21-20(32)11-15-9-14-10-18-17(13-3-5-16(6-4-13)37-28(36)29-2)7-8-19(31)24(18)27(35)22(14)26(34)23(15)25(21)33/h3-8,14-15,23,31-32,34H,9-11H2,1-2H3,(H,29,36). The first-order valence-corrected chi connectivity index (χ1v) is 11.9. The van der Waals surface area contributed by atoms with Gasteiger partial charge in [-0.2, -0.15) is 0 Å². The summed E-state index contributed by atoms with van der Waals surface area (Å²) in [5.41, 5.74) is 1.86. The summed E-state index contributed by atoms with van der Waals surface area (Å²) in [6.07, 6.45) is 0.124. The molecule has 0 saturated heterocycles. The molecule has 0 heterocycles. The van der Waals surface area contributed by atoms with Gasteiger partial charge in [0, 0.05) is 19.0 Å². The molecule has 0 saturated carbocycles. The smallest absolute Gasteiger partial charge is 0.412 e. The topological polar surface area (TPSA) is 150 Å². The number of phenols is 1. The van der Waals surface area contributed by atoms with Gasteiger partial charge in [-0.1, -0.05) is 18.2 Å². The summed E-state index contributed by atoms with van der Waals surface area (Å²) in [5, 5.41) is 34.5. The Bertz CT molecular complexity index is 1430. The van der Waals surface area contributed by atoms with Crippen LogP contribution in [-0.2, 0) is 16.0 Å². The number of ether oxygens (including phenoxy) is 1. The van der Waals surface area contributed by atoms with Gasteiger partial charge >= 0.3 is 6.09 Å². The van der Waals surface area contributed by atoms with Crippen LogP contribution in [0.1, 0.15) is 35.7 Å². The van der Waals surface area contributed by atoms with Gasteiger partial charge in [0.05, 0.1) is 17.1 Å². The number of carbonyl (C=O) groups is 4. The number of aliphatic hydroxyl groups is 2. The molecule has 0 spiro atoms. The van der Waals surface area contributed by atoms with Gasteiger partial charge in [-0.25, -0.2) is 4.79 Å². The van der Waals surface area contributed by atoms with Crippen LogP contribution in [-0.4, -0.2) is 45.8 Å². The molecule has 3 atom stereocenters. The Hall–Kier alpha value is -4.40. The lowest BCUT2D eigenvalue weighted by molar-refractivity contribution is -0.125. The molecular formula is C28H25NO8. The zero-order valence-electron chi connectivity index (χ0n) is 20.2. The fourth-order valence-corrected chi connectivity index (χ4v) is 5.88. The number of fused-ring (bicyclic) bond motifs is 3. The van der Waals surface area contributed by atoms with E-state index >= 15 is 0 Å². The van der Waals surface area contributed by atoms with E-state index in [0.717, 1.165) is 5.56 Å². The number of aromatic hydroxyl groups is 1. The van der Waals surface area contributed by atoms with E-state index in [1.165, 1.54) is 20.0 Å². The van der Waals surface area contributed by atoms with Crippen LogP contribution in [0.5, 0.6) is 11.5 Å². The number of phenolic OH excluding ortho intramolecular Hbond substituents is 1. The number of nitrogens with one attached hydrogen (secondary N) is 1. The molecule has 37 heavy (non-hydrogen) atoms. The van der Waals surface area contributed by atoms with E-state index in [2.05, 4.69) is 5.32 Å². The Morgan fingerprint density at radius 1 is 1.00 bits per heavy atom. The number of Topliss-reactive ketones (excluding diaryl/α,β-unsaturated/α-hetero) is 3. The van der Waals surface area contributed by atoms with Crippen molar-refractivity contribution in [2.45, 2.75) is 26.2 Å². The highest BCUT2D eigenvalue weighted by atomic mass is 16.5. The number of carbonyl (C=O) groups excluding carboxylic acids is 4. The second kappa shape index (κ2) is 8.92. The predicted molar refractivity (Wildman–Crippen MR) is 131 cm³/mol. The molecule has 4 N–H and O–H groups in total. The maximum Gasteiger partial charge on any atom is 0.412 e. The summed E-state index contributed by atoms with van der Waals surface area (Å²) in [7, 11) is 1.45. The average Bonchev–Trinajstić information content (AvgIpc) is 2.84. The Morgan fingerprint density at radius 3 is 2.35 bits per heavy atom. The zero-order chi connectivity index (χ0) is 26.6. The average molecular weight is 504 g/mol. The van der Waals surface area contributed by atoms with Crippen molar-refractivity contribution < 1.29 is 39.2 Å². The summed E-state index contributed by atoms with van der Waals surface area (Å²) >= 11 is 0. The van der Waals surface area contributed by atoms with Crippen molar-refractivity contribution in [3.05, 3.63) is 70.2 Å². The van der Waals surface area contributed by atoms with Crippen molar-refractivity contribution >= 4 is 23.4 Å². The molecule has 190 valence electrons. The van der Waals surface area contributed by atoms with Gasteiger partial charge in [-0.05, 0) is 66.5 Å². The Balaban J connectivity index is 1.56. The fourth-order valence-electron chi connectivity index (χ4n) is 5.88. The third-order valence-corrected chi connectivity index (χ3v) is 7.46. The molecule has 0 aromatic heterocycles. The van der Waals surface area contributed by atoms with Crippen molar-refractivity contribution in [3.63, 3.8) is 0 Å². The number of benzene rings is 2. The molecule has 2 aromatic rings. The molecule has 2 aromatic carbocycles. The van der Waals surface area contributed by atoms with Crippen LogP contribution in [0.25, 0.3) is 11.1 Å². The Labute approximate surface area is 212 Å². The second-order valence-corrected chi connectivity index (χ2v) is 9.60. The highest BCUT2D eigenvalue weighted by molar-refractivity contribution is 6.22. The zero-order valence-corrected chi connectivity index (χ0v) is 20.2. The van der Waals surface area contributed by atoms with Crippen LogP contribution in [0.2, 0.25) is 0 Å². The monoisotopic (exact) mass is 503 g/mol. The van der Waals surface area contributed by atoms with Crippen LogP contribution in [0.3, 0.4) is 0 Å². The van der Waals surface area contributed by atoms with Crippen molar-refractivity contribution in [2.75, 3.05) is 7.05 Å². The minimum Gasteiger partial charge on any atom is -0.511 e. The SMILES string of the molecule is CNC(=O)Oc1ccc(-c2ccc(O)c3c2CC2CC4CC(O)=C(C(C)=O)C(=O)C4C(O)=C2C3=O)cc1. The van der Waals surface area contributed by atoms with E-state index in [9.17, 15) is 34.5 Å². The van der Waals surface area contributed by atoms with Gasteiger partial charge < -0.3 is 25.4 Å². The van der Waals surface area contributed by atoms with E-state index in [1.54, 1.807) is 30.3 Å². The molecule has 9 heteroatoms. The third kappa shape index (κ3) is 3.87. The van der Waals surface area contributed by atoms with E-state index in [-0.39, 0.29) is 40.4 Å². The highest BCUT2D eigenvalue weighted by Crippen LogP contribution is 2.50. The Morgan fingerprint density at radius 2 is 1.70 bits per heavy atom. The summed E-state index contributed by atoms with van der Waals surface area (Å²) in [4.78, 5) is 50.1. The summed E-state index contributed by atoms with van der Waals surface area (Å²) in [6.45, 7) is 1.18. The van der Waals surface area contributed by atoms with Crippen LogP contribution in [0.4, 0.5) is 4.79 Å². The molecular weight excluding hydrogens is 478 g/mol. The number of aliphatic hydroxyl groups excluding tert-OH is 2.